The Labute approximate surface area is 155 Å². The number of hydrogen-bond acceptors (Lipinski definition) is 3. The van der Waals surface area contributed by atoms with Gasteiger partial charge in [0.2, 0.25) is 11.8 Å². The van der Waals surface area contributed by atoms with Gasteiger partial charge >= 0.3 is 0 Å². The van der Waals surface area contributed by atoms with Gasteiger partial charge in [-0.25, -0.2) is 0 Å². The Hall–Kier alpha value is -1.88. The number of likely N-dealkylation sites (tertiary alicyclic amines) is 2. The number of piperidine rings is 1. The number of rotatable bonds is 2. The van der Waals surface area contributed by atoms with Crippen LogP contribution in [0.25, 0.3) is 0 Å². The van der Waals surface area contributed by atoms with Crippen LogP contribution in [0.4, 0.5) is 5.69 Å². The van der Waals surface area contributed by atoms with Crippen LogP contribution in [-0.2, 0) is 16.0 Å². The molecule has 0 aliphatic carbocycles. The molecule has 2 saturated heterocycles. The average Bonchev–Trinajstić information content (AvgIpc) is 3.02. The third-order valence-electron chi connectivity index (χ3n) is 6.43. The number of aryl methyl sites for hydroxylation is 2. The molecule has 0 N–H and O–H groups in total. The van der Waals surface area contributed by atoms with E-state index in [0.29, 0.717) is 6.54 Å². The van der Waals surface area contributed by atoms with Crippen LogP contribution < -0.4 is 4.90 Å². The molecule has 0 radical (unpaired) electrons. The van der Waals surface area contributed by atoms with E-state index in [1.54, 1.807) is 0 Å². The van der Waals surface area contributed by atoms with E-state index in [0.717, 1.165) is 63.8 Å². The maximum atomic E-state index is 13.2. The predicted octanol–water partition coefficient (Wildman–Crippen LogP) is 2.36. The highest BCUT2D eigenvalue weighted by Gasteiger charge is 2.50. The summed E-state index contributed by atoms with van der Waals surface area (Å²) in [5.74, 6) is 0.348. The lowest BCUT2D eigenvalue weighted by Crippen LogP contribution is -2.60. The SMILES string of the molecule is Cc1ccc2c(c1)CCCN2C(=O)CN1CCCC12CCCN(C)C2=O. The predicted molar refractivity (Wildman–Crippen MR) is 102 cm³/mol. The minimum Gasteiger partial charge on any atom is -0.344 e. The van der Waals surface area contributed by atoms with E-state index < -0.39 is 5.54 Å². The lowest BCUT2D eigenvalue weighted by Gasteiger charge is -2.44. The quantitative estimate of drug-likeness (QED) is 0.818. The molecule has 0 saturated carbocycles. The van der Waals surface area contributed by atoms with Crippen LogP contribution in [0, 0.1) is 6.92 Å². The first-order valence-electron chi connectivity index (χ1n) is 9.92. The number of amides is 2. The van der Waals surface area contributed by atoms with Gasteiger partial charge in [0.25, 0.3) is 0 Å². The van der Waals surface area contributed by atoms with Gasteiger partial charge in [-0.1, -0.05) is 17.7 Å². The number of likely N-dealkylation sites (N-methyl/N-ethyl adjacent to an activating group) is 1. The zero-order valence-electron chi connectivity index (χ0n) is 16.0. The van der Waals surface area contributed by atoms with Crippen LogP contribution in [0.1, 0.15) is 43.2 Å². The molecule has 0 aromatic heterocycles. The lowest BCUT2D eigenvalue weighted by atomic mass is 9.85. The van der Waals surface area contributed by atoms with E-state index in [-0.39, 0.29) is 11.8 Å². The summed E-state index contributed by atoms with van der Waals surface area (Å²) in [7, 11) is 1.89. The molecule has 1 atom stereocenters. The fourth-order valence-corrected chi connectivity index (χ4v) is 5.10. The number of nitrogens with zero attached hydrogens (tertiary/aromatic N) is 3. The number of fused-ring (bicyclic) bond motifs is 1. The minimum atomic E-state index is -0.436. The third-order valence-corrected chi connectivity index (χ3v) is 6.43. The summed E-state index contributed by atoms with van der Waals surface area (Å²) in [4.78, 5) is 32.1. The molecule has 5 nitrogen and oxygen atoms in total. The Morgan fingerprint density at radius 3 is 2.69 bits per heavy atom. The molecular weight excluding hydrogens is 326 g/mol. The van der Waals surface area contributed by atoms with Crippen LogP contribution in [0.5, 0.6) is 0 Å². The van der Waals surface area contributed by atoms with Crippen molar-refractivity contribution >= 4 is 17.5 Å². The van der Waals surface area contributed by atoms with E-state index in [1.807, 2.05) is 16.8 Å². The summed E-state index contributed by atoms with van der Waals surface area (Å²) in [6.45, 7) is 4.91. The molecule has 1 aromatic carbocycles. The van der Waals surface area contributed by atoms with Crippen LogP contribution >= 0.6 is 0 Å². The van der Waals surface area contributed by atoms with Crippen molar-refractivity contribution in [3.05, 3.63) is 29.3 Å². The fourth-order valence-electron chi connectivity index (χ4n) is 5.10. The van der Waals surface area contributed by atoms with E-state index >= 15 is 0 Å². The van der Waals surface area contributed by atoms with E-state index in [4.69, 9.17) is 0 Å². The summed E-state index contributed by atoms with van der Waals surface area (Å²) in [5, 5.41) is 0. The second kappa shape index (κ2) is 6.69. The Kier molecular flexibility index (Phi) is 4.51. The van der Waals surface area contributed by atoms with E-state index in [2.05, 4.69) is 30.0 Å². The first kappa shape index (κ1) is 17.5. The number of benzene rings is 1. The maximum Gasteiger partial charge on any atom is 0.242 e. The Balaban J connectivity index is 1.55. The Morgan fingerprint density at radius 2 is 1.88 bits per heavy atom. The average molecular weight is 355 g/mol. The van der Waals surface area contributed by atoms with Gasteiger partial charge in [0.1, 0.15) is 5.54 Å². The summed E-state index contributed by atoms with van der Waals surface area (Å²) < 4.78 is 0. The molecule has 3 heterocycles. The molecule has 1 aromatic rings. The fraction of sp³-hybridized carbons (Fsp3) is 0.619. The summed E-state index contributed by atoms with van der Waals surface area (Å²) in [5.41, 5.74) is 3.14. The largest absolute Gasteiger partial charge is 0.344 e. The standard InChI is InChI=1S/C21H29N3O2/c1-16-7-8-18-17(14-16)6-3-13-24(18)19(25)15-23-12-5-10-21(23)9-4-11-22(2)20(21)26/h7-8,14H,3-6,9-13,15H2,1-2H3. The summed E-state index contributed by atoms with van der Waals surface area (Å²) >= 11 is 0. The highest BCUT2D eigenvalue weighted by atomic mass is 16.2. The summed E-state index contributed by atoms with van der Waals surface area (Å²) in [6.07, 6.45) is 5.85. The van der Waals surface area contributed by atoms with Crippen molar-refractivity contribution in [2.24, 2.45) is 0 Å². The monoisotopic (exact) mass is 355 g/mol. The van der Waals surface area contributed by atoms with Crippen LogP contribution in [0.2, 0.25) is 0 Å². The lowest BCUT2D eigenvalue weighted by molar-refractivity contribution is -0.146. The second-order valence-corrected chi connectivity index (χ2v) is 8.17. The second-order valence-electron chi connectivity index (χ2n) is 8.17. The van der Waals surface area contributed by atoms with Gasteiger partial charge in [0, 0.05) is 25.8 Å². The molecule has 4 rings (SSSR count). The van der Waals surface area contributed by atoms with Crippen molar-refractivity contribution in [2.45, 2.75) is 51.0 Å². The van der Waals surface area contributed by atoms with Crippen LogP contribution in [-0.4, -0.2) is 60.4 Å². The molecule has 1 unspecified atom stereocenters. The topological polar surface area (TPSA) is 43.9 Å². The number of anilines is 1. The molecule has 5 heteroatoms. The highest BCUT2D eigenvalue weighted by Crippen LogP contribution is 2.38. The molecule has 1 spiro atoms. The normalized spacial score (nSPS) is 26.5. The minimum absolute atomic E-state index is 0.136. The van der Waals surface area contributed by atoms with Crippen molar-refractivity contribution in [1.29, 1.82) is 0 Å². The zero-order chi connectivity index (χ0) is 18.3. The van der Waals surface area contributed by atoms with Crippen molar-refractivity contribution in [3.63, 3.8) is 0 Å². The van der Waals surface area contributed by atoms with Gasteiger partial charge in [0.05, 0.1) is 6.54 Å². The van der Waals surface area contributed by atoms with E-state index in [9.17, 15) is 9.59 Å². The molecule has 140 valence electrons. The number of carbonyl (C=O) groups is 2. The maximum absolute atomic E-state index is 13.2. The first-order chi connectivity index (χ1) is 12.5. The molecular formula is C21H29N3O2. The Bertz CT molecular complexity index is 732. The van der Waals surface area contributed by atoms with Gasteiger partial charge in [-0.2, -0.15) is 0 Å². The molecule has 2 fully saturated rings. The van der Waals surface area contributed by atoms with Gasteiger partial charge < -0.3 is 9.80 Å². The van der Waals surface area contributed by atoms with Crippen molar-refractivity contribution in [3.8, 4) is 0 Å². The molecule has 3 aliphatic heterocycles. The van der Waals surface area contributed by atoms with Gasteiger partial charge in [0.15, 0.2) is 0 Å². The van der Waals surface area contributed by atoms with Crippen LogP contribution in [0.3, 0.4) is 0 Å². The van der Waals surface area contributed by atoms with Crippen molar-refractivity contribution in [1.82, 2.24) is 9.80 Å². The zero-order valence-corrected chi connectivity index (χ0v) is 16.0. The smallest absolute Gasteiger partial charge is 0.242 e. The number of hydrogen-bond donors (Lipinski definition) is 0. The summed E-state index contributed by atoms with van der Waals surface area (Å²) in [6, 6.07) is 6.37. The molecule has 3 aliphatic rings. The van der Waals surface area contributed by atoms with E-state index in [1.165, 1.54) is 11.1 Å². The molecule has 26 heavy (non-hydrogen) atoms. The number of carbonyl (C=O) groups excluding carboxylic acids is 2. The first-order valence-corrected chi connectivity index (χ1v) is 9.92. The molecule has 2 amide bonds. The van der Waals surface area contributed by atoms with Crippen LogP contribution in [0.15, 0.2) is 18.2 Å². The Morgan fingerprint density at radius 1 is 1.12 bits per heavy atom. The van der Waals surface area contributed by atoms with Gasteiger partial charge in [-0.05, 0) is 63.6 Å². The third kappa shape index (κ3) is 2.82. The molecule has 0 bridgehead atoms. The highest BCUT2D eigenvalue weighted by molar-refractivity contribution is 5.97. The van der Waals surface area contributed by atoms with Gasteiger partial charge in [-0.15, -0.1) is 0 Å². The van der Waals surface area contributed by atoms with Crippen molar-refractivity contribution < 1.29 is 9.59 Å². The van der Waals surface area contributed by atoms with Gasteiger partial charge in [-0.3, -0.25) is 14.5 Å². The van der Waals surface area contributed by atoms with Crippen molar-refractivity contribution in [2.75, 3.05) is 38.1 Å².